The number of aromatic nitrogens is 2. The van der Waals surface area contributed by atoms with Crippen molar-refractivity contribution in [2.45, 2.75) is 25.9 Å². The second kappa shape index (κ2) is 4.33. The third kappa shape index (κ3) is 1.94. The van der Waals surface area contributed by atoms with Gasteiger partial charge in [-0.25, -0.2) is 0 Å². The number of hydrogen-bond acceptors (Lipinski definition) is 5. The van der Waals surface area contributed by atoms with Crippen LogP contribution >= 0.6 is 11.5 Å². The second-order valence-corrected chi connectivity index (χ2v) is 4.49. The third-order valence-corrected chi connectivity index (χ3v) is 3.51. The van der Waals surface area contributed by atoms with Crippen LogP contribution in [0.3, 0.4) is 0 Å². The maximum atomic E-state index is 9.26. The van der Waals surface area contributed by atoms with E-state index in [9.17, 15) is 5.11 Å². The molecule has 14 heavy (non-hydrogen) atoms. The number of likely N-dealkylation sites (tertiary alicyclic amines) is 1. The van der Waals surface area contributed by atoms with Gasteiger partial charge in [-0.15, -0.1) is 5.10 Å². The van der Waals surface area contributed by atoms with Gasteiger partial charge < -0.3 is 5.11 Å². The summed E-state index contributed by atoms with van der Waals surface area (Å²) in [6.45, 7) is 4.33. The minimum absolute atomic E-state index is 0.249. The summed E-state index contributed by atoms with van der Waals surface area (Å²) in [4.78, 5) is 2.29. The fourth-order valence-corrected chi connectivity index (χ4v) is 2.48. The molecule has 1 aliphatic heterocycles. The molecule has 0 spiro atoms. The molecule has 2 heterocycles. The van der Waals surface area contributed by atoms with Gasteiger partial charge in [0.1, 0.15) is 0 Å². The van der Waals surface area contributed by atoms with E-state index in [2.05, 4.69) is 21.4 Å². The monoisotopic (exact) mass is 213 g/mol. The first-order valence-corrected chi connectivity index (χ1v) is 5.75. The van der Waals surface area contributed by atoms with Gasteiger partial charge >= 0.3 is 0 Å². The summed E-state index contributed by atoms with van der Waals surface area (Å²) < 4.78 is 3.84. The third-order valence-electron chi connectivity index (χ3n) is 2.95. The van der Waals surface area contributed by atoms with Crippen LogP contribution in [0.25, 0.3) is 0 Å². The van der Waals surface area contributed by atoms with Gasteiger partial charge in [-0.3, -0.25) is 4.90 Å². The first-order chi connectivity index (χ1) is 6.81. The standard InChI is InChI=1S/C9H15N3OS/c1-7-2-3-12(9(7)5-13)4-8-6-14-11-10-8/h6-7,9,13H,2-5H2,1H3. The Kier molecular flexibility index (Phi) is 3.10. The van der Waals surface area contributed by atoms with Crippen molar-refractivity contribution in [2.24, 2.45) is 5.92 Å². The largest absolute Gasteiger partial charge is 0.395 e. The number of aliphatic hydroxyl groups is 1. The molecular formula is C9H15N3OS. The number of aliphatic hydroxyl groups excluding tert-OH is 1. The first-order valence-electron chi connectivity index (χ1n) is 4.92. The van der Waals surface area contributed by atoms with Crippen LogP contribution in [-0.2, 0) is 6.54 Å². The lowest BCUT2D eigenvalue weighted by atomic mass is 10.0. The average Bonchev–Trinajstić information content (AvgIpc) is 2.77. The fourth-order valence-electron chi connectivity index (χ4n) is 2.04. The maximum absolute atomic E-state index is 9.26. The summed E-state index contributed by atoms with van der Waals surface area (Å²) in [6.07, 6.45) is 1.17. The summed E-state index contributed by atoms with van der Waals surface area (Å²) in [5.74, 6) is 0.589. The van der Waals surface area contributed by atoms with Gasteiger partial charge in [0.25, 0.3) is 0 Å². The molecule has 0 radical (unpaired) electrons. The molecule has 1 N–H and O–H groups in total. The topological polar surface area (TPSA) is 49.2 Å². The molecule has 1 aromatic rings. The average molecular weight is 213 g/mol. The molecule has 2 rings (SSSR count). The lowest BCUT2D eigenvalue weighted by Crippen LogP contribution is -2.34. The highest BCUT2D eigenvalue weighted by Gasteiger charge is 2.30. The quantitative estimate of drug-likeness (QED) is 0.804. The summed E-state index contributed by atoms with van der Waals surface area (Å²) in [7, 11) is 0. The van der Waals surface area contributed by atoms with Crippen LogP contribution in [0.15, 0.2) is 5.38 Å². The maximum Gasteiger partial charge on any atom is 0.0895 e. The number of hydrogen-bond donors (Lipinski definition) is 1. The van der Waals surface area contributed by atoms with Crippen LogP contribution in [0.2, 0.25) is 0 Å². The SMILES string of the molecule is CC1CCN(Cc2csnn2)C1CO. The van der Waals surface area contributed by atoms with Crippen LogP contribution < -0.4 is 0 Å². The highest BCUT2D eigenvalue weighted by molar-refractivity contribution is 7.03. The van der Waals surface area contributed by atoms with E-state index in [1.807, 2.05) is 5.38 Å². The van der Waals surface area contributed by atoms with Gasteiger partial charge in [0.05, 0.1) is 12.3 Å². The fraction of sp³-hybridized carbons (Fsp3) is 0.778. The van der Waals surface area contributed by atoms with Crippen LogP contribution in [0.5, 0.6) is 0 Å². The zero-order valence-electron chi connectivity index (χ0n) is 8.26. The van der Waals surface area contributed by atoms with Crippen molar-refractivity contribution in [3.63, 3.8) is 0 Å². The van der Waals surface area contributed by atoms with Crippen molar-refractivity contribution in [3.8, 4) is 0 Å². The van der Waals surface area contributed by atoms with Gasteiger partial charge in [0.15, 0.2) is 0 Å². The summed E-state index contributed by atoms with van der Waals surface area (Å²) in [5, 5.41) is 15.2. The van der Waals surface area contributed by atoms with Crippen molar-refractivity contribution >= 4 is 11.5 Å². The van der Waals surface area contributed by atoms with Crippen molar-refractivity contribution in [3.05, 3.63) is 11.1 Å². The molecule has 78 valence electrons. The Hall–Kier alpha value is -0.520. The zero-order chi connectivity index (χ0) is 9.97. The minimum Gasteiger partial charge on any atom is -0.395 e. The molecule has 0 bridgehead atoms. The number of rotatable bonds is 3. The van der Waals surface area contributed by atoms with E-state index in [-0.39, 0.29) is 6.61 Å². The molecule has 0 saturated carbocycles. The van der Waals surface area contributed by atoms with Gasteiger partial charge in [-0.1, -0.05) is 11.4 Å². The zero-order valence-corrected chi connectivity index (χ0v) is 9.07. The van der Waals surface area contributed by atoms with Crippen molar-refractivity contribution in [1.29, 1.82) is 0 Å². The molecular weight excluding hydrogens is 198 g/mol. The molecule has 1 aliphatic rings. The Labute approximate surface area is 87.7 Å². The van der Waals surface area contributed by atoms with Gasteiger partial charge in [-0.05, 0) is 30.4 Å². The molecule has 1 saturated heterocycles. The Balaban J connectivity index is 1.98. The van der Waals surface area contributed by atoms with E-state index in [1.54, 1.807) is 0 Å². The van der Waals surface area contributed by atoms with Crippen LogP contribution in [0.4, 0.5) is 0 Å². The molecule has 1 fully saturated rings. The van der Waals surface area contributed by atoms with E-state index in [0.29, 0.717) is 12.0 Å². The van der Waals surface area contributed by atoms with Gasteiger partial charge in [0, 0.05) is 18.0 Å². The Morgan fingerprint density at radius 2 is 2.57 bits per heavy atom. The van der Waals surface area contributed by atoms with Gasteiger partial charge in [-0.2, -0.15) is 0 Å². The normalized spacial score (nSPS) is 28.4. The van der Waals surface area contributed by atoms with E-state index < -0.39 is 0 Å². The molecule has 0 amide bonds. The Bertz CT molecular complexity index is 278. The van der Waals surface area contributed by atoms with Gasteiger partial charge in [0.2, 0.25) is 0 Å². The van der Waals surface area contributed by atoms with Crippen LogP contribution in [0.1, 0.15) is 19.0 Å². The number of nitrogens with zero attached hydrogens (tertiary/aromatic N) is 3. The molecule has 0 aromatic carbocycles. The highest BCUT2D eigenvalue weighted by atomic mass is 32.1. The molecule has 4 nitrogen and oxygen atoms in total. The van der Waals surface area contributed by atoms with E-state index >= 15 is 0 Å². The van der Waals surface area contributed by atoms with Crippen molar-refractivity contribution in [1.82, 2.24) is 14.5 Å². The minimum atomic E-state index is 0.249. The second-order valence-electron chi connectivity index (χ2n) is 3.88. The van der Waals surface area contributed by atoms with E-state index in [4.69, 9.17) is 0 Å². The van der Waals surface area contributed by atoms with E-state index in [1.165, 1.54) is 18.0 Å². The molecule has 2 unspecified atom stereocenters. The molecule has 1 aromatic heterocycles. The summed E-state index contributed by atoms with van der Waals surface area (Å²) in [6, 6.07) is 0.302. The molecule has 2 atom stereocenters. The summed E-state index contributed by atoms with van der Waals surface area (Å²) >= 11 is 1.38. The predicted molar refractivity (Wildman–Crippen MR) is 55.0 cm³/mol. The first kappa shape index (κ1) is 10.0. The smallest absolute Gasteiger partial charge is 0.0895 e. The highest BCUT2D eigenvalue weighted by Crippen LogP contribution is 2.24. The predicted octanol–water partition coefficient (Wildman–Crippen LogP) is 0.741. The Morgan fingerprint density at radius 3 is 3.21 bits per heavy atom. The van der Waals surface area contributed by atoms with Crippen molar-refractivity contribution < 1.29 is 5.11 Å². The molecule has 0 aliphatic carbocycles. The van der Waals surface area contributed by atoms with E-state index in [0.717, 1.165) is 18.8 Å². The van der Waals surface area contributed by atoms with Crippen LogP contribution in [0, 0.1) is 5.92 Å². The lowest BCUT2D eigenvalue weighted by Gasteiger charge is -2.23. The molecule has 5 heteroatoms. The Morgan fingerprint density at radius 1 is 1.71 bits per heavy atom. The lowest BCUT2D eigenvalue weighted by molar-refractivity contribution is 0.133. The van der Waals surface area contributed by atoms with Crippen molar-refractivity contribution in [2.75, 3.05) is 13.2 Å². The summed E-state index contributed by atoms with van der Waals surface area (Å²) in [5.41, 5.74) is 1.02. The van der Waals surface area contributed by atoms with Crippen LogP contribution in [-0.4, -0.2) is 38.8 Å².